The van der Waals surface area contributed by atoms with Crippen LogP contribution in [0.5, 0.6) is 0 Å². The summed E-state index contributed by atoms with van der Waals surface area (Å²) in [6.07, 6.45) is 5.20. The van der Waals surface area contributed by atoms with Crippen LogP contribution in [-0.4, -0.2) is 0 Å². The van der Waals surface area contributed by atoms with Crippen LogP contribution < -0.4 is 0 Å². The van der Waals surface area contributed by atoms with Crippen LogP contribution in [0, 0.1) is 0 Å². The maximum Gasteiger partial charge on any atom is 0.213 e. The zero-order valence-electron chi connectivity index (χ0n) is 16.7. The molecule has 0 aliphatic heterocycles. The molecule has 1 atom stereocenters. The van der Waals surface area contributed by atoms with Gasteiger partial charge in [-0.2, -0.15) is 0 Å². The van der Waals surface area contributed by atoms with E-state index in [0.717, 1.165) is 23.0 Å². The molecule has 4 rings (SSSR count). The SMILES string of the molecule is C/C=C\c1ccc2op(C)oc3ccc4ccccc4c3c2c1CC.CC. The molecule has 4 aromatic rings. The minimum absolute atomic E-state index is 0.915. The normalized spacial score (nSPS) is 11.8. The van der Waals surface area contributed by atoms with E-state index in [1.807, 2.05) is 20.5 Å². The molecule has 1 unspecified atom stereocenters. The Kier molecular flexibility index (Phi) is 6.08. The van der Waals surface area contributed by atoms with Gasteiger partial charge in [-0.1, -0.05) is 69.3 Å². The van der Waals surface area contributed by atoms with Crippen LogP contribution in [0.2, 0.25) is 0 Å². The molecule has 0 fully saturated rings. The lowest BCUT2D eigenvalue weighted by atomic mass is 9.95. The fourth-order valence-electron chi connectivity index (χ4n) is 3.59. The summed E-state index contributed by atoms with van der Waals surface area (Å²) < 4.78 is 12.4. The van der Waals surface area contributed by atoms with Crippen LogP contribution in [0.1, 0.15) is 38.8 Å². The van der Waals surface area contributed by atoms with E-state index in [9.17, 15) is 0 Å². The summed E-state index contributed by atoms with van der Waals surface area (Å²) in [4.78, 5) is 0. The van der Waals surface area contributed by atoms with E-state index in [4.69, 9.17) is 8.39 Å². The van der Waals surface area contributed by atoms with Gasteiger partial charge in [0.05, 0.1) is 0 Å². The van der Waals surface area contributed by atoms with Gasteiger partial charge in [-0.25, -0.2) is 0 Å². The van der Waals surface area contributed by atoms with Crippen LogP contribution in [0.15, 0.2) is 63.0 Å². The zero-order chi connectivity index (χ0) is 19.4. The van der Waals surface area contributed by atoms with Crippen molar-refractivity contribution in [3.8, 4) is 0 Å². The first-order valence-corrected chi connectivity index (χ1v) is 11.3. The Balaban J connectivity index is 0.00000102. The lowest BCUT2D eigenvalue weighted by Crippen LogP contribution is -1.89. The van der Waals surface area contributed by atoms with Crippen molar-refractivity contribution >= 4 is 46.8 Å². The summed E-state index contributed by atoms with van der Waals surface area (Å²) in [6, 6.07) is 16.9. The molecule has 0 spiro atoms. The number of benzene rings is 3. The second kappa shape index (κ2) is 8.50. The molecule has 0 bridgehead atoms. The molecule has 0 saturated carbocycles. The standard InChI is InChI=1S/C22H21O2P.C2H6/c1-4-8-15-11-13-19-21(17(15)5-2)22-18-10-7-6-9-16(18)12-14-20(22)24-25(3)23-19;1-2/h4,6-14H,5H2,1-3H3;1-2H3/b8-4-;. The molecule has 1 aromatic heterocycles. The van der Waals surface area contributed by atoms with Crippen molar-refractivity contribution in [1.82, 2.24) is 0 Å². The van der Waals surface area contributed by atoms with Gasteiger partial charge in [-0.05, 0) is 47.4 Å². The van der Waals surface area contributed by atoms with Crippen molar-refractivity contribution in [1.29, 1.82) is 0 Å². The van der Waals surface area contributed by atoms with Crippen molar-refractivity contribution < 1.29 is 8.39 Å². The number of allylic oxidation sites excluding steroid dienone is 1. The predicted molar refractivity (Wildman–Crippen MR) is 120 cm³/mol. The van der Waals surface area contributed by atoms with E-state index in [2.05, 4.69) is 74.5 Å². The van der Waals surface area contributed by atoms with E-state index < -0.39 is 8.01 Å². The lowest BCUT2D eigenvalue weighted by Gasteiger charge is -2.09. The molecule has 0 saturated heterocycles. The van der Waals surface area contributed by atoms with Gasteiger partial charge in [0.2, 0.25) is 8.01 Å². The van der Waals surface area contributed by atoms with Crippen molar-refractivity contribution in [2.45, 2.75) is 34.1 Å². The first-order chi connectivity index (χ1) is 13.2. The van der Waals surface area contributed by atoms with E-state index in [0.29, 0.717) is 0 Å². The molecule has 3 heteroatoms. The Labute approximate surface area is 162 Å². The van der Waals surface area contributed by atoms with Crippen LogP contribution in [-0.2, 0) is 13.1 Å². The number of hydrogen-bond acceptors (Lipinski definition) is 2. The van der Waals surface area contributed by atoms with Gasteiger partial charge in [0.1, 0.15) is 11.2 Å². The van der Waals surface area contributed by atoms with Crippen LogP contribution in [0.4, 0.5) is 0 Å². The van der Waals surface area contributed by atoms with Gasteiger partial charge in [0.25, 0.3) is 0 Å². The number of aryl methyl sites for hydroxylation is 2. The average molecular weight is 378 g/mol. The first-order valence-electron chi connectivity index (χ1n) is 9.63. The topological polar surface area (TPSA) is 26.3 Å². The fourth-order valence-corrected chi connectivity index (χ4v) is 4.49. The summed E-state index contributed by atoms with van der Waals surface area (Å²) >= 11 is 0. The minimum atomic E-state index is -1.000. The summed E-state index contributed by atoms with van der Waals surface area (Å²) in [5.74, 6) is 0. The summed E-state index contributed by atoms with van der Waals surface area (Å²) in [5.41, 5.74) is 4.39. The highest BCUT2D eigenvalue weighted by Crippen LogP contribution is 2.39. The molecule has 0 aliphatic carbocycles. The monoisotopic (exact) mass is 378 g/mol. The molecule has 0 amide bonds. The third-order valence-electron chi connectivity index (χ3n) is 4.61. The summed E-state index contributed by atoms with van der Waals surface area (Å²) in [7, 11) is -1.000. The van der Waals surface area contributed by atoms with Crippen LogP contribution >= 0.6 is 8.01 Å². The summed E-state index contributed by atoms with van der Waals surface area (Å²) in [6.45, 7) is 10.3. The Hall–Kier alpha value is -2.44. The first kappa shape index (κ1) is 19.3. The Morgan fingerprint density at radius 1 is 0.889 bits per heavy atom. The molecular formula is C24H27O2P. The highest BCUT2D eigenvalue weighted by Gasteiger charge is 2.13. The minimum Gasteiger partial charge on any atom is -0.419 e. The largest absolute Gasteiger partial charge is 0.419 e. The molecule has 3 aromatic carbocycles. The molecule has 1 heterocycles. The fraction of sp³-hybridized carbons (Fsp3) is 0.250. The second-order valence-corrected chi connectivity index (χ2v) is 7.39. The van der Waals surface area contributed by atoms with Crippen molar-refractivity contribution in [2.75, 3.05) is 0 Å². The van der Waals surface area contributed by atoms with Crippen molar-refractivity contribution in [3.05, 3.63) is 65.7 Å². The molecule has 0 aliphatic rings. The van der Waals surface area contributed by atoms with Gasteiger partial charge in [-0.3, -0.25) is 0 Å². The lowest BCUT2D eigenvalue weighted by molar-refractivity contribution is 0.644. The molecule has 140 valence electrons. The van der Waals surface area contributed by atoms with E-state index >= 15 is 0 Å². The van der Waals surface area contributed by atoms with Crippen LogP contribution in [0.25, 0.3) is 38.8 Å². The van der Waals surface area contributed by atoms with Crippen molar-refractivity contribution in [2.24, 2.45) is 6.66 Å². The third-order valence-corrected chi connectivity index (χ3v) is 5.51. The Bertz CT molecular complexity index is 1150. The molecular weight excluding hydrogens is 351 g/mol. The van der Waals surface area contributed by atoms with Gasteiger partial charge in [-0.15, -0.1) is 0 Å². The molecule has 2 nitrogen and oxygen atoms in total. The van der Waals surface area contributed by atoms with Crippen LogP contribution in [0.3, 0.4) is 0 Å². The summed E-state index contributed by atoms with van der Waals surface area (Å²) in [5, 5.41) is 4.76. The highest BCUT2D eigenvalue weighted by molar-refractivity contribution is 7.35. The number of rotatable bonds is 2. The van der Waals surface area contributed by atoms with Gasteiger partial charge in [0.15, 0.2) is 0 Å². The van der Waals surface area contributed by atoms with E-state index in [1.54, 1.807) is 0 Å². The second-order valence-electron chi connectivity index (χ2n) is 6.14. The van der Waals surface area contributed by atoms with E-state index in [1.165, 1.54) is 27.3 Å². The quantitative estimate of drug-likeness (QED) is 0.349. The third kappa shape index (κ3) is 3.55. The smallest absolute Gasteiger partial charge is 0.213 e. The maximum atomic E-state index is 6.18. The maximum absolute atomic E-state index is 6.18. The Morgan fingerprint density at radius 3 is 2.26 bits per heavy atom. The molecule has 27 heavy (non-hydrogen) atoms. The number of fused-ring (bicyclic) bond motifs is 5. The van der Waals surface area contributed by atoms with Crippen molar-refractivity contribution in [3.63, 3.8) is 0 Å². The molecule has 0 radical (unpaired) electrons. The molecule has 0 N–H and O–H groups in total. The zero-order valence-corrected chi connectivity index (χ0v) is 17.6. The van der Waals surface area contributed by atoms with Gasteiger partial charge >= 0.3 is 0 Å². The van der Waals surface area contributed by atoms with E-state index in [-0.39, 0.29) is 0 Å². The Morgan fingerprint density at radius 2 is 1.56 bits per heavy atom. The highest BCUT2D eigenvalue weighted by atomic mass is 31.1. The average Bonchev–Trinajstić information content (AvgIpc) is 2.85. The van der Waals surface area contributed by atoms with Gasteiger partial charge in [0, 0.05) is 17.4 Å². The number of hydrogen-bond donors (Lipinski definition) is 0. The predicted octanol–water partition coefficient (Wildman–Crippen LogP) is 8.60. The van der Waals surface area contributed by atoms with Gasteiger partial charge < -0.3 is 8.39 Å².